The van der Waals surface area contributed by atoms with Crippen LogP contribution in [-0.4, -0.2) is 23.8 Å². The Morgan fingerprint density at radius 3 is 2.00 bits per heavy atom. The smallest absolute Gasteiger partial charge is 0.332 e. The maximum Gasteiger partial charge on any atom is 0.332 e. The predicted molar refractivity (Wildman–Crippen MR) is 49.0 cm³/mol. The molecule has 0 radical (unpaired) electrons. The van der Waals surface area contributed by atoms with Crippen molar-refractivity contribution in [2.24, 2.45) is 0 Å². The van der Waals surface area contributed by atoms with E-state index in [0.29, 0.717) is 22.6 Å². The van der Waals surface area contributed by atoms with Crippen LogP contribution in [0.25, 0.3) is 0 Å². The molecule has 0 aromatic rings. The van der Waals surface area contributed by atoms with Crippen LogP contribution in [0.1, 0.15) is 0 Å². The monoisotopic (exact) mass is 174 g/mol. The third kappa shape index (κ3) is 3.12. The molecule has 58 valence electrons. The van der Waals surface area contributed by atoms with Crippen molar-refractivity contribution in [3.8, 4) is 0 Å². The quantitative estimate of drug-likeness (QED) is 0.473. The fourth-order valence-corrected chi connectivity index (χ4v) is 3.10. The Kier molecular flexibility index (Phi) is 4.54. The minimum atomic E-state index is -2.40. The van der Waals surface area contributed by atoms with Gasteiger partial charge in [-0.25, -0.2) is 0 Å². The average molecular weight is 174 g/mol. The molecular weight excluding hydrogens is 160 g/mol. The lowest BCUT2D eigenvalue weighted by Gasteiger charge is -2.19. The molecule has 0 saturated heterocycles. The zero-order valence-corrected chi connectivity index (χ0v) is 9.34. The van der Waals surface area contributed by atoms with Crippen LogP contribution in [0.4, 0.5) is 0 Å². The van der Waals surface area contributed by atoms with Gasteiger partial charge in [-0.15, -0.1) is 13.2 Å². The van der Waals surface area contributed by atoms with Gasteiger partial charge in [0.05, 0.1) is 0 Å². The van der Waals surface area contributed by atoms with E-state index in [4.69, 9.17) is 4.12 Å². The van der Waals surface area contributed by atoms with Crippen molar-refractivity contribution in [1.29, 1.82) is 0 Å². The second kappa shape index (κ2) is 4.62. The molecule has 0 aliphatic carbocycles. The number of hydrogen-bond acceptors (Lipinski definition) is 2. The third-order valence-electron chi connectivity index (χ3n) is 1.31. The largest absolute Gasteiger partial charge is 0.444 e. The molecule has 0 amide bonds. The summed E-state index contributed by atoms with van der Waals surface area (Å²) in [6.07, 6.45) is 3.40. The van der Waals surface area contributed by atoms with Crippen molar-refractivity contribution in [2.75, 3.05) is 0 Å². The Morgan fingerprint density at radius 1 is 1.40 bits per heavy atom. The third-order valence-corrected chi connectivity index (χ3v) is 6.20. The first kappa shape index (κ1) is 9.83. The summed E-state index contributed by atoms with van der Waals surface area (Å²) in [5.74, 6) is 0. The molecular formula is C6H14O2Si2. The number of allylic oxidation sites excluding steroid dienone is 2. The molecule has 4 heteroatoms. The van der Waals surface area contributed by atoms with Crippen LogP contribution in [0.3, 0.4) is 0 Å². The molecule has 0 aromatic heterocycles. The molecule has 0 aliphatic heterocycles. The predicted octanol–water partition coefficient (Wildman–Crippen LogP) is 0.0899. The molecule has 0 unspecified atom stereocenters. The van der Waals surface area contributed by atoms with Crippen molar-refractivity contribution in [3.05, 3.63) is 25.3 Å². The highest BCUT2D eigenvalue weighted by molar-refractivity contribution is 6.69. The van der Waals surface area contributed by atoms with Crippen LogP contribution in [0, 0.1) is 0 Å². The number of hydrogen-bond donors (Lipinski definition) is 1. The van der Waals surface area contributed by atoms with Gasteiger partial charge in [0.1, 0.15) is 10.5 Å². The summed E-state index contributed by atoms with van der Waals surface area (Å²) in [6, 6.07) is 1.20. The van der Waals surface area contributed by atoms with Gasteiger partial charge in [0.25, 0.3) is 0 Å². The van der Waals surface area contributed by atoms with E-state index >= 15 is 0 Å². The highest BCUT2D eigenvalue weighted by Crippen LogP contribution is 2.12. The van der Waals surface area contributed by atoms with E-state index in [1.165, 1.54) is 0 Å². The molecule has 0 rings (SSSR count). The lowest BCUT2D eigenvalue weighted by atomic mass is 10.7. The van der Waals surface area contributed by atoms with Crippen molar-refractivity contribution >= 4 is 19.0 Å². The zero-order valence-electron chi connectivity index (χ0n) is 6.34. The fourth-order valence-electron chi connectivity index (χ4n) is 0.701. The lowest BCUT2D eigenvalue weighted by Crippen LogP contribution is -2.36. The van der Waals surface area contributed by atoms with Crippen LogP contribution in [0.2, 0.25) is 12.1 Å². The van der Waals surface area contributed by atoms with E-state index < -0.39 is 8.56 Å². The molecule has 0 saturated carbocycles. The molecule has 0 atom stereocenters. The molecule has 0 aromatic carbocycles. The van der Waals surface area contributed by atoms with E-state index in [1.54, 1.807) is 12.2 Å². The van der Waals surface area contributed by atoms with E-state index in [-0.39, 0.29) is 0 Å². The molecule has 0 bridgehead atoms. The first-order chi connectivity index (χ1) is 4.68. The van der Waals surface area contributed by atoms with Gasteiger partial charge in [0, 0.05) is 12.1 Å². The van der Waals surface area contributed by atoms with Crippen molar-refractivity contribution in [1.82, 2.24) is 0 Å². The van der Waals surface area contributed by atoms with Crippen LogP contribution in [0.15, 0.2) is 25.3 Å². The van der Waals surface area contributed by atoms with Crippen LogP contribution >= 0.6 is 0 Å². The summed E-state index contributed by atoms with van der Waals surface area (Å²) in [5, 5.41) is 0. The van der Waals surface area contributed by atoms with Gasteiger partial charge in [0.15, 0.2) is 0 Å². The van der Waals surface area contributed by atoms with Crippen molar-refractivity contribution in [3.63, 3.8) is 0 Å². The van der Waals surface area contributed by atoms with Crippen LogP contribution < -0.4 is 0 Å². The minimum absolute atomic E-state index is 0.591. The Bertz CT molecular complexity index is 115. The van der Waals surface area contributed by atoms with Crippen LogP contribution in [0.5, 0.6) is 0 Å². The minimum Gasteiger partial charge on any atom is -0.444 e. The Morgan fingerprint density at radius 2 is 1.80 bits per heavy atom. The molecule has 0 spiro atoms. The number of rotatable bonds is 5. The molecule has 0 fully saturated rings. The summed E-state index contributed by atoms with van der Waals surface area (Å²) >= 11 is 0. The summed E-state index contributed by atoms with van der Waals surface area (Å²) < 4.78 is 5.11. The Balaban J connectivity index is 3.92. The van der Waals surface area contributed by atoms with Gasteiger partial charge in [0.2, 0.25) is 0 Å². The first-order valence-corrected chi connectivity index (χ1v) is 6.26. The molecule has 1 N–H and O–H groups in total. The molecule has 10 heavy (non-hydrogen) atoms. The van der Waals surface area contributed by atoms with E-state index in [0.717, 1.165) is 0 Å². The van der Waals surface area contributed by atoms with Gasteiger partial charge in [-0.2, -0.15) is 0 Å². The normalized spacial score (nSPS) is 11.3. The highest BCUT2D eigenvalue weighted by atomic mass is 28.4. The van der Waals surface area contributed by atoms with Crippen molar-refractivity contribution in [2.45, 2.75) is 12.1 Å². The van der Waals surface area contributed by atoms with E-state index in [1.807, 2.05) is 0 Å². The standard InChI is InChI=1S/C6H14O2Si2/c1-3-5-10(7,8-9)6-4-2/h3-4,7H,1-2,5-6H2,9H3. The van der Waals surface area contributed by atoms with Gasteiger partial charge in [-0.3, -0.25) is 0 Å². The fraction of sp³-hybridized carbons (Fsp3) is 0.333. The second-order valence-electron chi connectivity index (χ2n) is 2.14. The summed E-state index contributed by atoms with van der Waals surface area (Å²) in [4.78, 5) is 9.63. The molecule has 2 nitrogen and oxygen atoms in total. The molecule has 0 aliphatic rings. The summed E-state index contributed by atoms with van der Waals surface area (Å²) in [6.45, 7) is 7.10. The summed E-state index contributed by atoms with van der Waals surface area (Å²) in [7, 11) is -1.81. The van der Waals surface area contributed by atoms with E-state index in [9.17, 15) is 4.80 Å². The summed E-state index contributed by atoms with van der Waals surface area (Å²) in [5.41, 5.74) is 0. The zero-order chi connectivity index (χ0) is 8.04. The first-order valence-electron chi connectivity index (χ1n) is 3.18. The SMILES string of the molecule is C=CC[Si](O)(CC=C)O[SiH3]. The maximum absolute atomic E-state index is 9.63. The Labute approximate surface area is 66.0 Å². The topological polar surface area (TPSA) is 29.5 Å². The maximum atomic E-state index is 9.63. The molecule has 0 heterocycles. The average Bonchev–Trinajstić information content (AvgIpc) is 1.89. The van der Waals surface area contributed by atoms with Gasteiger partial charge in [-0.05, 0) is 0 Å². The lowest BCUT2D eigenvalue weighted by molar-refractivity contribution is 0.398. The van der Waals surface area contributed by atoms with Gasteiger partial charge < -0.3 is 8.91 Å². The Hall–Kier alpha value is -0.166. The van der Waals surface area contributed by atoms with Gasteiger partial charge >= 0.3 is 8.56 Å². The van der Waals surface area contributed by atoms with Crippen molar-refractivity contribution < 1.29 is 8.91 Å². The van der Waals surface area contributed by atoms with E-state index in [2.05, 4.69) is 13.2 Å². The second-order valence-corrected chi connectivity index (χ2v) is 6.48. The van der Waals surface area contributed by atoms with Crippen LogP contribution in [-0.2, 0) is 4.12 Å². The van der Waals surface area contributed by atoms with Gasteiger partial charge in [-0.1, -0.05) is 12.2 Å². The highest BCUT2D eigenvalue weighted by Gasteiger charge is 2.27.